The first-order chi connectivity index (χ1) is 10.6. The summed E-state index contributed by atoms with van der Waals surface area (Å²) in [7, 11) is 1.61. The number of methoxy groups -OCH3 is 1. The van der Waals surface area contributed by atoms with Crippen molar-refractivity contribution in [2.45, 2.75) is 13.8 Å². The van der Waals surface area contributed by atoms with Crippen molar-refractivity contribution in [3.63, 3.8) is 0 Å². The number of aromatic nitrogens is 4. The van der Waals surface area contributed by atoms with Crippen molar-refractivity contribution in [3.8, 4) is 23.0 Å². The summed E-state index contributed by atoms with van der Waals surface area (Å²) in [4.78, 5) is 20.8. The van der Waals surface area contributed by atoms with Gasteiger partial charge in [0.05, 0.1) is 12.8 Å². The van der Waals surface area contributed by atoms with Gasteiger partial charge in [-0.2, -0.15) is 4.68 Å². The highest BCUT2D eigenvalue weighted by Gasteiger charge is 2.10. The molecule has 0 radical (unpaired) electrons. The van der Waals surface area contributed by atoms with E-state index in [9.17, 15) is 4.79 Å². The largest absolute Gasteiger partial charge is 0.497 e. The Morgan fingerprint density at radius 3 is 2.50 bits per heavy atom. The first-order valence-corrected chi connectivity index (χ1v) is 6.86. The van der Waals surface area contributed by atoms with E-state index in [1.165, 1.54) is 10.7 Å². The Bertz CT molecular complexity index is 860. The van der Waals surface area contributed by atoms with E-state index in [0.29, 0.717) is 11.6 Å². The van der Waals surface area contributed by atoms with Crippen LogP contribution in [0.3, 0.4) is 0 Å². The Morgan fingerprint density at radius 2 is 1.82 bits per heavy atom. The predicted octanol–water partition coefficient (Wildman–Crippen LogP) is 2.25. The lowest BCUT2D eigenvalue weighted by atomic mass is 10.1. The van der Waals surface area contributed by atoms with Crippen LogP contribution in [-0.2, 0) is 0 Å². The van der Waals surface area contributed by atoms with Gasteiger partial charge in [0.1, 0.15) is 5.75 Å². The Kier molecular flexibility index (Phi) is 3.50. The maximum absolute atomic E-state index is 12.2. The summed E-state index contributed by atoms with van der Waals surface area (Å²) < 4.78 is 6.55. The SMILES string of the molecule is COc1cccc(-c2cc(=O)n(-c3nc(C)cc(C)n3)[nH]2)c1. The quantitative estimate of drug-likeness (QED) is 0.804. The van der Waals surface area contributed by atoms with Gasteiger partial charge >= 0.3 is 0 Å². The third kappa shape index (κ3) is 2.63. The van der Waals surface area contributed by atoms with Crippen LogP contribution in [0.5, 0.6) is 5.75 Å². The molecule has 3 rings (SSSR count). The van der Waals surface area contributed by atoms with Gasteiger partial charge in [-0.25, -0.2) is 9.97 Å². The third-order valence-corrected chi connectivity index (χ3v) is 3.27. The molecule has 0 aliphatic carbocycles. The van der Waals surface area contributed by atoms with Gasteiger partial charge in [-0.1, -0.05) is 12.1 Å². The second-order valence-electron chi connectivity index (χ2n) is 5.03. The molecule has 22 heavy (non-hydrogen) atoms. The minimum atomic E-state index is -0.206. The first kappa shape index (κ1) is 14.1. The van der Waals surface area contributed by atoms with Crippen LogP contribution in [0.1, 0.15) is 11.4 Å². The first-order valence-electron chi connectivity index (χ1n) is 6.86. The van der Waals surface area contributed by atoms with Crippen molar-refractivity contribution in [2.75, 3.05) is 7.11 Å². The summed E-state index contributed by atoms with van der Waals surface area (Å²) in [5.74, 6) is 1.07. The maximum Gasteiger partial charge on any atom is 0.274 e. The molecule has 0 bridgehead atoms. The molecule has 0 aliphatic heterocycles. The number of aromatic amines is 1. The molecule has 6 nitrogen and oxygen atoms in total. The van der Waals surface area contributed by atoms with E-state index in [0.717, 1.165) is 22.7 Å². The molecule has 2 aromatic heterocycles. The second-order valence-corrected chi connectivity index (χ2v) is 5.03. The number of ether oxygens (including phenoxy) is 1. The molecule has 0 amide bonds. The van der Waals surface area contributed by atoms with Gasteiger partial charge in [0.25, 0.3) is 11.5 Å². The summed E-state index contributed by atoms with van der Waals surface area (Å²) in [6.07, 6.45) is 0. The molecule has 3 aromatic rings. The summed E-state index contributed by atoms with van der Waals surface area (Å²) >= 11 is 0. The Hall–Kier alpha value is -2.89. The maximum atomic E-state index is 12.2. The lowest BCUT2D eigenvalue weighted by Crippen LogP contribution is -2.17. The number of nitrogens with one attached hydrogen (secondary N) is 1. The van der Waals surface area contributed by atoms with Gasteiger partial charge in [0, 0.05) is 23.0 Å². The number of H-pyrrole nitrogens is 1. The lowest BCUT2D eigenvalue weighted by Gasteiger charge is -2.04. The van der Waals surface area contributed by atoms with Crippen molar-refractivity contribution >= 4 is 0 Å². The number of aryl methyl sites for hydroxylation is 2. The Morgan fingerprint density at radius 1 is 1.09 bits per heavy atom. The minimum absolute atomic E-state index is 0.206. The van der Waals surface area contributed by atoms with Crippen molar-refractivity contribution < 1.29 is 4.74 Å². The summed E-state index contributed by atoms with van der Waals surface area (Å²) in [5.41, 5.74) is 2.97. The highest BCUT2D eigenvalue weighted by molar-refractivity contribution is 5.60. The zero-order valence-electron chi connectivity index (χ0n) is 12.6. The Labute approximate surface area is 127 Å². The van der Waals surface area contributed by atoms with Gasteiger partial charge in [0.2, 0.25) is 0 Å². The van der Waals surface area contributed by atoms with E-state index in [-0.39, 0.29) is 5.56 Å². The van der Waals surface area contributed by atoms with Crippen LogP contribution < -0.4 is 10.3 Å². The van der Waals surface area contributed by atoms with Crippen LogP contribution in [0.15, 0.2) is 41.2 Å². The van der Waals surface area contributed by atoms with E-state index in [4.69, 9.17) is 4.74 Å². The fourth-order valence-electron chi connectivity index (χ4n) is 2.29. The molecule has 0 aliphatic rings. The molecule has 0 saturated heterocycles. The van der Waals surface area contributed by atoms with Gasteiger partial charge in [-0.3, -0.25) is 9.89 Å². The molecule has 1 N–H and O–H groups in total. The number of hydrogen-bond donors (Lipinski definition) is 1. The minimum Gasteiger partial charge on any atom is -0.497 e. The van der Waals surface area contributed by atoms with Gasteiger partial charge in [-0.15, -0.1) is 0 Å². The number of benzene rings is 1. The van der Waals surface area contributed by atoms with E-state index in [1.54, 1.807) is 7.11 Å². The molecule has 6 heteroatoms. The molecule has 1 aromatic carbocycles. The topological polar surface area (TPSA) is 72.8 Å². The predicted molar refractivity (Wildman–Crippen MR) is 83.4 cm³/mol. The van der Waals surface area contributed by atoms with E-state index in [1.807, 2.05) is 44.2 Å². The van der Waals surface area contributed by atoms with Crippen LogP contribution in [0.2, 0.25) is 0 Å². The number of hydrogen-bond acceptors (Lipinski definition) is 4. The van der Waals surface area contributed by atoms with Crippen molar-refractivity contribution in [1.29, 1.82) is 0 Å². The van der Waals surface area contributed by atoms with Crippen LogP contribution in [0, 0.1) is 13.8 Å². The molecule has 0 spiro atoms. The van der Waals surface area contributed by atoms with Crippen LogP contribution in [0.4, 0.5) is 0 Å². The van der Waals surface area contributed by atoms with Gasteiger partial charge in [-0.05, 0) is 32.0 Å². The van der Waals surface area contributed by atoms with Crippen molar-refractivity contribution in [2.24, 2.45) is 0 Å². The normalized spacial score (nSPS) is 10.7. The molecule has 0 saturated carbocycles. The highest BCUT2D eigenvalue weighted by Crippen LogP contribution is 2.21. The smallest absolute Gasteiger partial charge is 0.274 e. The number of nitrogens with zero attached hydrogens (tertiary/aromatic N) is 3. The van der Waals surface area contributed by atoms with Crippen LogP contribution >= 0.6 is 0 Å². The Balaban J connectivity index is 2.09. The fraction of sp³-hybridized carbons (Fsp3) is 0.188. The molecular formula is C16H16N4O2. The standard InChI is InChI=1S/C16H16N4O2/c1-10-7-11(2)18-16(17-10)20-15(21)9-14(19-20)12-5-4-6-13(8-12)22-3/h4-9,19H,1-3H3. The highest BCUT2D eigenvalue weighted by atomic mass is 16.5. The summed E-state index contributed by atoms with van der Waals surface area (Å²) in [5, 5.41) is 3.04. The zero-order chi connectivity index (χ0) is 15.7. The van der Waals surface area contributed by atoms with Crippen molar-refractivity contribution in [3.05, 3.63) is 58.1 Å². The molecular weight excluding hydrogens is 280 g/mol. The van der Waals surface area contributed by atoms with E-state index < -0.39 is 0 Å². The van der Waals surface area contributed by atoms with Gasteiger partial charge in [0.15, 0.2) is 0 Å². The van der Waals surface area contributed by atoms with Crippen LogP contribution in [0.25, 0.3) is 17.2 Å². The summed E-state index contributed by atoms with van der Waals surface area (Å²) in [6, 6.07) is 10.9. The zero-order valence-corrected chi connectivity index (χ0v) is 12.6. The average Bonchev–Trinajstić information content (AvgIpc) is 2.88. The van der Waals surface area contributed by atoms with E-state index >= 15 is 0 Å². The van der Waals surface area contributed by atoms with E-state index in [2.05, 4.69) is 15.1 Å². The monoisotopic (exact) mass is 296 g/mol. The molecule has 0 unspecified atom stereocenters. The van der Waals surface area contributed by atoms with Crippen LogP contribution in [-0.4, -0.2) is 26.9 Å². The third-order valence-electron chi connectivity index (χ3n) is 3.27. The number of rotatable bonds is 3. The fourth-order valence-corrected chi connectivity index (χ4v) is 2.29. The van der Waals surface area contributed by atoms with Gasteiger partial charge < -0.3 is 4.74 Å². The molecule has 112 valence electrons. The molecule has 0 fully saturated rings. The average molecular weight is 296 g/mol. The molecule has 0 atom stereocenters. The molecule has 2 heterocycles. The summed E-state index contributed by atoms with van der Waals surface area (Å²) in [6.45, 7) is 3.74. The van der Waals surface area contributed by atoms with Crippen molar-refractivity contribution in [1.82, 2.24) is 19.7 Å². The lowest BCUT2D eigenvalue weighted by molar-refractivity contribution is 0.415. The second kappa shape index (κ2) is 5.48.